The largest absolute Gasteiger partial charge is 0.465 e. The van der Waals surface area contributed by atoms with Gasteiger partial charge < -0.3 is 15.0 Å². The molecule has 0 radical (unpaired) electrons. The van der Waals surface area contributed by atoms with E-state index in [0.29, 0.717) is 15.7 Å². The number of rotatable bonds is 6. The van der Waals surface area contributed by atoms with Crippen molar-refractivity contribution in [3.05, 3.63) is 64.5 Å². The number of carbonyl (C=O) groups excluding carboxylic acids is 2. The molecule has 2 aromatic heterocycles. The van der Waals surface area contributed by atoms with Crippen molar-refractivity contribution in [1.82, 2.24) is 9.97 Å². The number of imidazole rings is 1. The van der Waals surface area contributed by atoms with Crippen LogP contribution in [-0.2, 0) is 9.53 Å². The highest BCUT2D eigenvalue weighted by atomic mass is 32.2. The fraction of sp³-hybridized carbons (Fsp3) is 0.174. The molecule has 0 aliphatic rings. The molecule has 0 spiro atoms. The van der Waals surface area contributed by atoms with Crippen molar-refractivity contribution in [2.75, 3.05) is 18.2 Å². The first-order chi connectivity index (χ1) is 15.0. The predicted molar refractivity (Wildman–Crippen MR) is 126 cm³/mol. The van der Waals surface area contributed by atoms with Crippen LogP contribution in [0.5, 0.6) is 0 Å². The molecule has 4 aromatic rings. The molecule has 0 aliphatic carbocycles. The van der Waals surface area contributed by atoms with Crippen molar-refractivity contribution >= 4 is 51.0 Å². The number of carbonyl (C=O) groups is 2. The quantitative estimate of drug-likeness (QED) is 0.302. The van der Waals surface area contributed by atoms with Crippen molar-refractivity contribution in [2.24, 2.45) is 0 Å². The Bertz CT molecular complexity index is 1240. The number of hydrogen-bond donors (Lipinski definition) is 2. The van der Waals surface area contributed by atoms with Crippen LogP contribution in [0.1, 0.15) is 21.5 Å². The molecule has 0 saturated heterocycles. The number of fused-ring (bicyclic) bond motifs is 1. The molecule has 1 amide bonds. The molecule has 0 saturated carbocycles. The van der Waals surface area contributed by atoms with Crippen molar-refractivity contribution in [3.8, 4) is 11.1 Å². The minimum atomic E-state index is -0.475. The van der Waals surface area contributed by atoms with Crippen LogP contribution in [0.4, 0.5) is 5.00 Å². The highest BCUT2D eigenvalue weighted by Crippen LogP contribution is 2.38. The molecule has 0 unspecified atom stereocenters. The number of para-hydroxylation sites is 2. The summed E-state index contributed by atoms with van der Waals surface area (Å²) in [5.41, 5.74) is 6.02. The van der Waals surface area contributed by atoms with Gasteiger partial charge in [0.05, 0.1) is 23.9 Å². The summed E-state index contributed by atoms with van der Waals surface area (Å²) in [4.78, 5) is 32.8. The first-order valence-corrected chi connectivity index (χ1v) is 11.5. The molecule has 8 heteroatoms. The summed E-state index contributed by atoms with van der Waals surface area (Å²) in [6.07, 6.45) is 0. The number of amides is 1. The van der Waals surface area contributed by atoms with Crippen LogP contribution < -0.4 is 5.32 Å². The molecule has 4 rings (SSSR count). The fourth-order valence-electron chi connectivity index (χ4n) is 3.27. The number of methoxy groups -OCH3 is 1. The first-order valence-electron chi connectivity index (χ1n) is 9.61. The zero-order valence-corrected chi connectivity index (χ0v) is 18.9. The number of anilines is 1. The highest BCUT2D eigenvalue weighted by Gasteiger charge is 2.23. The lowest BCUT2D eigenvalue weighted by atomic mass is 9.97. The van der Waals surface area contributed by atoms with Gasteiger partial charge in [0.1, 0.15) is 10.6 Å². The molecule has 6 nitrogen and oxygen atoms in total. The SMILES string of the molecule is COC(=O)c1c(-c2cc(C)ccc2C)csc1NC(=O)CSc1nc2ccccc2[nH]1. The lowest BCUT2D eigenvalue weighted by molar-refractivity contribution is -0.113. The summed E-state index contributed by atoms with van der Waals surface area (Å²) in [6, 6.07) is 13.8. The van der Waals surface area contributed by atoms with Gasteiger partial charge in [-0.2, -0.15) is 0 Å². The van der Waals surface area contributed by atoms with Crippen LogP contribution in [0, 0.1) is 13.8 Å². The third-order valence-corrected chi connectivity index (χ3v) is 6.59. The highest BCUT2D eigenvalue weighted by molar-refractivity contribution is 7.99. The van der Waals surface area contributed by atoms with Crippen LogP contribution >= 0.6 is 23.1 Å². The molecule has 2 N–H and O–H groups in total. The Balaban J connectivity index is 1.54. The zero-order chi connectivity index (χ0) is 22.0. The number of hydrogen-bond acceptors (Lipinski definition) is 6. The smallest absolute Gasteiger partial charge is 0.341 e. The van der Waals surface area contributed by atoms with Crippen molar-refractivity contribution in [2.45, 2.75) is 19.0 Å². The summed E-state index contributed by atoms with van der Waals surface area (Å²) < 4.78 is 5.01. The Labute approximate surface area is 188 Å². The number of nitrogens with one attached hydrogen (secondary N) is 2. The standard InChI is InChI=1S/C23H21N3O3S2/c1-13-8-9-14(2)15(10-13)16-11-30-21(20(16)22(28)29-3)26-19(27)12-31-23-24-17-6-4-5-7-18(17)25-23/h4-11H,12H2,1-3H3,(H,24,25)(H,26,27). The zero-order valence-electron chi connectivity index (χ0n) is 17.3. The first kappa shape index (κ1) is 21.1. The van der Waals surface area contributed by atoms with Gasteiger partial charge in [0, 0.05) is 10.9 Å². The number of aromatic amines is 1. The molecular formula is C23H21N3O3S2. The summed E-state index contributed by atoms with van der Waals surface area (Å²) in [6.45, 7) is 4.00. The minimum Gasteiger partial charge on any atom is -0.465 e. The van der Waals surface area contributed by atoms with Gasteiger partial charge in [0.2, 0.25) is 5.91 Å². The van der Waals surface area contributed by atoms with E-state index in [1.54, 1.807) is 0 Å². The van der Waals surface area contributed by atoms with Crippen LogP contribution in [0.25, 0.3) is 22.2 Å². The topological polar surface area (TPSA) is 84.1 Å². The molecular weight excluding hydrogens is 430 g/mol. The Morgan fingerprint density at radius 2 is 1.97 bits per heavy atom. The monoisotopic (exact) mass is 451 g/mol. The maximum Gasteiger partial charge on any atom is 0.341 e. The van der Waals surface area contributed by atoms with E-state index in [0.717, 1.165) is 33.3 Å². The van der Waals surface area contributed by atoms with Gasteiger partial charge in [-0.3, -0.25) is 4.79 Å². The van der Waals surface area contributed by atoms with E-state index < -0.39 is 5.97 Å². The van der Waals surface area contributed by atoms with Crippen LogP contribution in [0.15, 0.2) is 53.0 Å². The fourth-order valence-corrected chi connectivity index (χ4v) is 4.92. The lowest BCUT2D eigenvalue weighted by Gasteiger charge is -2.10. The van der Waals surface area contributed by atoms with Crippen LogP contribution in [0.3, 0.4) is 0 Å². The number of ether oxygens (including phenoxy) is 1. The van der Waals surface area contributed by atoms with Gasteiger partial charge in [-0.1, -0.05) is 47.7 Å². The summed E-state index contributed by atoms with van der Waals surface area (Å²) in [5.74, 6) is -0.528. The van der Waals surface area contributed by atoms with Gasteiger partial charge >= 0.3 is 5.97 Å². The van der Waals surface area contributed by atoms with Crippen molar-refractivity contribution in [3.63, 3.8) is 0 Å². The normalized spacial score (nSPS) is 10.9. The van der Waals surface area contributed by atoms with Gasteiger partial charge in [-0.15, -0.1) is 11.3 Å². The molecule has 0 aliphatic heterocycles. The summed E-state index contributed by atoms with van der Waals surface area (Å²) in [5, 5.41) is 5.91. The Morgan fingerprint density at radius 3 is 2.74 bits per heavy atom. The molecule has 0 bridgehead atoms. The number of H-pyrrole nitrogens is 1. The van der Waals surface area contributed by atoms with E-state index in [-0.39, 0.29) is 11.7 Å². The Kier molecular flexibility index (Phi) is 6.11. The van der Waals surface area contributed by atoms with Crippen molar-refractivity contribution in [1.29, 1.82) is 0 Å². The summed E-state index contributed by atoms with van der Waals surface area (Å²) >= 11 is 2.63. The third-order valence-electron chi connectivity index (χ3n) is 4.82. The van der Waals surface area contributed by atoms with E-state index in [1.807, 2.05) is 61.7 Å². The van der Waals surface area contributed by atoms with Crippen LogP contribution in [0.2, 0.25) is 0 Å². The molecule has 2 heterocycles. The van der Waals surface area contributed by atoms with Gasteiger partial charge in [0.25, 0.3) is 0 Å². The van der Waals surface area contributed by atoms with Gasteiger partial charge in [-0.25, -0.2) is 9.78 Å². The number of thiophene rings is 1. The minimum absolute atomic E-state index is 0.164. The second-order valence-electron chi connectivity index (χ2n) is 7.06. The van der Waals surface area contributed by atoms with Gasteiger partial charge in [0.15, 0.2) is 5.16 Å². The second kappa shape index (κ2) is 8.95. The molecule has 0 fully saturated rings. The molecule has 0 atom stereocenters. The van der Waals surface area contributed by atoms with E-state index in [1.165, 1.54) is 30.2 Å². The number of benzene rings is 2. The van der Waals surface area contributed by atoms with E-state index in [4.69, 9.17) is 4.74 Å². The average molecular weight is 452 g/mol. The maximum atomic E-state index is 12.6. The molecule has 2 aromatic carbocycles. The molecule has 31 heavy (non-hydrogen) atoms. The van der Waals surface area contributed by atoms with E-state index in [2.05, 4.69) is 15.3 Å². The maximum absolute atomic E-state index is 12.6. The summed E-state index contributed by atoms with van der Waals surface area (Å²) in [7, 11) is 1.34. The third kappa shape index (κ3) is 4.50. The van der Waals surface area contributed by atoms with Crippen molar-refractivity contribution < 1.29 is 14.3 Å². The average Bonchev–Trinajstić information content (AvgIpc) is 3.37. The van der Waals surface area contributed by atoms with E-state index >= 15 is 0 Å². The number of aromatic nitrogens is 2. The van der Waals surface area contributed by atoms with Gasteiger partial charge in [-0.05, 0) is 37.1 Å². The van der Waals surface area contributed by atoms with Crippen LogP contribution in [-0.4, -0.2) is 34.7 Å². The van der Waals surface area contributed by atoms with E-state index in [9.17, 15) is 9.59 Å². The second-order valence-corrected chi connectivity index (χ2v) is 8.90. The predicted octanol–water partition coefficient (Wildman–Crippen LogP) is 5.43. The number of thioether (sulfide) groups is 1. The Morgan fingerprint density at radius 1 is 1.16 bits per heavy atom. The lowest BCUT2D eigenvalue weighted by Crippen LogP contribution is -2.16. The number of esters is 1. The Hall–Kier alpha value is -3.10. The number of nitrogens with zero attached hydrogens (tertiary/aromatic N) is 1. The number of aryl methyl sites for hydroxylation is 2. The molecule has 158 valence electrons.